The van der Waals surface area contributed by atoms with Crippen molar-refractivity contribution < 1.29 is 19.6 Å². The molecule has 3 aromatic carbocycles. The number of hydrogen-bond donors (Lipinski definition) is 2. The first-order valence-corrected chi connectivity index (χ1v) is 8.56. The fourth-order valence-corrected chi connectivity index (χ4v) is 2.97. The third-order valence-corrected chi connectivity index (χ3v) is 4.58. The number of carboxylic acid groups (broad SMARTS) is 1. The molecule has 1 atom stereocenters. The minimum atomic E-state index is -1.57. The van der Waals surface area contributed by atoms with Crippen LogP contribution >= 0.6 is 0 Å². The number of nitrogens with one attached hydrogen (secondary N) is 1. The second-order valence-corrected chi connectivity index (χ2v) is 6.75. The summed E-state index contributed by atoms with van der Waals surface area (Å²) in [6.45, 7) is 1.41. The van der Waals surface area contributed by atoms with Crippen molar-refractivity contribution in [2.24, 2.45) is 0 Å². The van der Waals surface area contributed by atoms with Gasteiger partial charge in [0.25, 0.3) is 11.6 Å². The Hall–Kier alpha value is -3.74. The van der Waals surface area contributed by atoms with E-state index in [1.165, 1.54) is 31.2 Å². The minimum absolute atomic E-state index is 0.0142. The predicted octanol–water partition coefficient (Wildman–Crippen LogP) is 3.56. The van der Waals surface area contributed by atoms with Crippen molar-refractivity contribution in [3.05, 3.63) is 88.0 Å². The van der Waals surface area contributed by atoms with Crippen molar-refractivity contribution in [2.45, 2.75) is 18.9 Å². The zero-order chi connectivity index (χ0) is 20.3. The summed E-state index contributed by atoms with van der Waals surface area (Å²) in [5.74, 6) is -1.70. The van der Waals surface area contributed by atoms with Gasteiger partial charge in [-0.25, -0.2) is 4.79 Å². The molecule has 0 bridgehead atoms. The van der Waals surface area contributed by atoms with Gasteiger partial charge < -0.3 is 10.4 Å². The lowest BCUT2D eigenvalue weighted by molar-refractivity contribution is -0.384. The minimum Gasteiger partial charge on any atom is -0.480 e. The number of rotatable bonds is 6. The van der Waals surface area contributed by atoms with E-state index < -0.39 is 22.3 Å². The average Bonchev–Trinajstić information content (AvgIpc) is 2.67. The van der Waals surface area contributed by atoms with Crippen LogP contribution in [0.25, 0.3) is 10.8 Å². The van der Waals surface area contributed by atoms with E-state index >= 15 is 0 Å². The molecule has 28 heavy (non-hydrogen) atoms. The van der Waals surface area contributed by atoms with E-state index in [2.05, 4.69) is 5.32 Å². The van der Waals surface area contributed by atoms with Gasteiger partial charge in [-0.1, -0.05) is 42.5 Å². The molecule has 0 heterocycles. The summed E-state index contributed by atoms with van der Waals surface area (Å²) in [6.07, 6.45) is -0.0142. The van der Waals surface area contributed by atoms with Gasteiger partial charge in [0.15, 0.2) is 0 Å². The van der Waals surface area contributed by atoms with Gasteiger partial charge in [0.1, 0.15) is 5.54 Å². The van der Waals surface area contributed by atoms with Crippen LogP contribution in [0, 0.1) is 10.1 Å². The largest absolute Gasteiger partial charge is 0.480 e. The summed E-state index contributed by atoms with van der Waals surface area (Å²) in [5, 5.41) is 24.9. The maximum absolute atomic E-state index is 12.7. The Labute approximate surface area is 160 Å². The molecule has 1 amide bonds. The lowest BCUT2D eigenvalue weighted by atomic mass is 9.92. The molecule has 2 N–H and O–H groups in total. The molecule has 7 heteroatoms. The Kier molecular flexibility index (Phi) is 5.08. The number of benzene rings is 3. The maximum Gasteiger partial charge on any atom is 0.329 e. The Bertz CT molecular complexity index is 1060. The molecule has 0 saturated carbocycles. The van der Waals surface area contributed by atoms with Crippen LogP contribution in [0.5, 0.6) is 0 Å². The summed E-state index contributed by atoms with van der Waals surface area (Å²) in [7, 11) is 0. The van der Waals surface area contributed by atoms with Gasteiger partial charge in [-0.15, -0.1) is 0 Å². The third-order valence-electron chi connectivity index (χ3n) is 4.58. The molecule has 0 radical (unpaired) electrons. The van der Waals surface area contributed by atoms with Gasteiger partial charge in [0.05, 0.1) is 4.92 Å². The van der Waals surface area contributed by atoms with Crippen molar-refractivity contribution in [3.8, 4) is 0 Å². The van der Waals surface area contributed by atoms with Gasteiger partial charge in [0, 0.05) is 24.1 Å². The first kappa shape index (κ1) is 19.0. The molecule has 0 fully saturated rings. The molecular weight excluding hydrogens is 360 g/mol. The Balaban J connectivity index is 1.83. The number of nitrogens with zero attached hydrogens (tertiary/aromatic N) is 1. The zero-order valence-electron chi connectivity index (χ0n) is 15.1. The normalized spacial score (nSPS) is 12.9. The smallest absolute Gasteiger partial charge is 0.329 e. The van der Waals surface area contributed by atoms with Gasteiger partial charge in [-0.2, -0.15) is 0 Å². The summed E-state index contributed by atoms with van der Waals surface area (Å²) in [6, 6.07) is 18.3. The van der Waals surface area contributed by atoms with E-state index in [0.717, 1.165) is 10.8 Å². The quantitative estimate of drug-likeness (QED) is 0.503. The summed E-state index contributed by atoms with van der Waals surface area (Å²) in [4.78, 5) is 34.8. The fraction of sp³-hybridized carbons (Fsp3) is 0.143. The number of carboxylic acids is 1. The third kappa shape index (κ3) is 3.98. The van der Waals surface area contributed by atoms with Crippen LogP contribution in [0.2, 0.25) is 0 Å². The number of non-ortho nitro benzene ring substituents is 1. The molecule has 3 rings (SSSR count). The van der Waals surface area contributed by atoms with Crippen LogP contribution in [0.1, 0.15) is 22.8 Å². The monoisotopic (exact) mass is 378 g/mol. The Morgan fingerprint density at radius 2 is 1.68 bits per heavy atom. The van der Waals surface area contributed by atoms with E-state index in [0.29, 0.717) is 11.1 Å². The predicted molar refractivity (Wildman–Crippen MR) is 104 cm³/mol. The van der Waals surface area contributed by atoms with Crippen LogP contribution in [-0.2, 0) is 11.2 Å². The number of nitro groups is 1. The highest BCUT2D eigenvalue weighted by molar-refractivity contribution is 6.01. The second-order valence-electron chi connectivity index (χ2n) is 6.75. The molecule has 0 spiro atoms. The number of hydrogen-bond acceptors (Lipinski definition) is 4. The van der Waals surface area contributed by atoms with Crippen LogP contribution < -0.4 is 5.32 Å². The van der Waals surface area contributed by atoms with E-state index in [1.807, 2.05) is 24.3 Å². The van der Waals surface area contributed by atoms with E-state index in [4.69, 9.17) is 0 Å². The first-order valence-electron chi connectivity index (χ1n) is 8.56. The SMILES string of the molecule is C[C@@](Cc1ccc([N+](=O)[O-])cc1)(NC(=O)c1ccc2ccccc2c1)C(=O)O. The lowest BCUT2D eigenvalue weighted by Crippen LogP contribution is -2.53. The van der Waals surface area contributed by atoms with Crippen molar-refractivity contribution in [3.63, 3.8) is 0 Å². The Morgan fingerprint density at radius 3 is 2.29 bits per heavy atom. The summed E-state index contributed by atoms with van der Waals surface area (Å²) >= 11 is 0. The number of amides is 1. The van der Waals surface area contributed by atoms with Crippen LogP contribution in [-0.4, -0.2) is 27.4 Å². The molecular formula is C21H18N2O5. The molecule has 142 valence electrons. The van der Waals surface area contributed by atoms with Crippen molar-refractivity contribution in [1.82, 2.24) is 5.32 Å². The molecule has 0 aliphatic heterocycles. The molecule has 0 aromatic heterocycles. The highest BCUT2D eigenvalue weighted by Crippen LogP contribution is 2.20. The molecule has 0 unspecified atom stereocenters. The van der Waals surface area contributed by atoms with E-state index in [-0.39, 0.29) is 12.1 Å². The topological polar surface area (TPSA) is 110 Å². The lowest BCUT2D eigenvalue weighted by Gasteiger charge is -2.26. The van der Waals surface area contributed by atoms with Gasteiger partial charge in [-0.3, -0.25) is 14.9 Å². The zero-order valence-corrected chi connectivity index (χ0v) is 15.1. The maximum atomic E-state index is 12.7. The molecule has 0 saturated heterocycles. The second kappa shape index (κ2) is 7.48. The van der Waals surface area contributed by atoms with Crippen LogP contribution in [0.15, 0.2) is 66.7 Å². The first-order chi connectivity index (χ1) is 13.3. The van der Waals surface area contributed by atoms with Gasteiger partial charge in [-0.05, 0) is 35.4 Å². The molecule has 0 aliphatic rings. The standard InChI is InChI=1S/C21H18N2O5/c1-21(20(25)26,13-14-6-10-18(11-7-14)23(27)28)22-19(24)17-9-8-15-4-2-3-5-16(15)12-17/h2-12H,13H2,1H3,(H,22,24)(H,25,26)/t21-/m0/s1. The highest BCUT2D eigenvalue weighted by atomic mass is 16.6. The van der Waals surface area contributed by atoms with E-state index in [9.17, 15) is 24.8 Å². The van der Waals surface area contributed by atoms with Crippen molar-refractivity contribution in [1.29, 1.82) is 0 Å². The van der Waals surface area contributed by atoms with Crippen molar-refractivity contribution >= 4 is 28.3 Å². The summed E-state index contributed by atoms with van der Waals surface area (Å²) in [5.41, 5.74) is -0.732. The number of carbonyl (C=O) groups is 2. The highest BCUT2D eigenvalue weighted by Gasteiger charge is 2.35. The van der Waals surface area contributed by atoms with Crippen molar-refractivity contribution in [2.75, 3.05) is 0 Å². The molecule has 7 nitrogen and oxygen atoms in total. The Morgan fingerprint density at radius 1 is 1.04 bits per heavy atom. The molecule has 0 aliphatic carbocycles. The van der Waals surface area contributed by atoms with Gasteiger partial charge in [0.2, 0.25) is 0 Å². The van der Waals surface area contributed by atoms with Crippen LogP contribution in [0.3, 0.4) is 0 Å². The average molecular weight is 378 g/mol. The number of carbonyl (C=O) groups excluding carboxylic acids is 1. The number of aliphatic carboxylic acids is 1. The van der Waals surface area contributed by atoms with Crippen LogP contribution in [0.4, 0.5) is 5.69 Å². The number of fused-ring (bicyclic) bond motifs is 1. The number of nitro benzene ring substituents is 1. The summed E-state index contributed by atoms with van der Waals surface area (Å²) < 4.78 is 0. The van der Waals surface area contributed by atoms with E-state index in [1.54, 1.807) is 18.2 Å². The fourth-order valence-electron chi connectivity index (χ4n) is 2.97. The molecule has 3 aromatic rings. The van der Waals surface area contributed by atoms with Gasteiger partial charge >= 0.3 is 5.97 Å².